The molecule has 2 saturated heterocycles. The summed E-state index contributed by atoms with van der Waals surface area (Å²) in [5.41, 5.74) is 3.93. The Labute approximate surface area is 189 Å². The van der Waals surface area contributed by atoms with E-state index in [-0.39, 0.29) is 0 Å². The Balaban J connectivity index is 0.000000296. The average molecular weight is 521 g/mol. The van der Waals surface area contributed by atoms with Gasteiger partial charge in [-0.2, -0.15) is 0 Å². The van der Waals surface area contributed by atoms with E-state index in [1.54, 1.807) is 0 Å². The van der Waals surface area contributed by atoms with Gasteiger partial charge in [0.1, 0.15) is 36.6 Å². The Bertz CT molecular complexity index is 908. The summed E-state index contributed by atoms with van der Waals surface area (Å²) >= 11 is 0. The minimum Gasteiger partial charge on any atom is -0.394 e. The van der Waals surface area contributed by atoms with Gasteiger partial charge in [-0.3, -0.25) is 14.3 Å². The molecule has 3 rings (SSSR count). The molecule has 0 aromatic carbocycles. The largest absolute Gasteiger partial charge is 0.466 e. The number of hydrogen-bond donors (Lipinski definition) is 12. The summed E-state index contributed by atoms with van der Waals surface area (Å²) in [4.78, 5) is 45.9. The fraction of sp³-hybridized carbons (Fsp3) is 0.733. The molecule has 9 atom stereocenters. The Morgan fingerprint density at radius 3 is 1.82 bits per heavy atom. The molecule has 0 radical (unpaired) electrons. The van der Waals surface area contributed by atoms with Crippen molar-refractivity contribution in [1.29, 1.82) is 0 Å². The minimum absolute atomic E-state index is 0.470. The molecule has 3 heterocycles. The van der Waals surface area contributed by atoms with Gasteiger partial charge in [-0.1, -0.05) is 0 Å². The Kier molecular flexibility index (Phi) is 11.5. The number of ether oxygens (including phenoxy) is 2. The molecule has 2 aliphatic rings. The molecule has 13 N–H and O–H groups in total. The summed E-state index contributed by atoms with van der Waals surface area (Å²) in [6, 6.07) is 0.0543. The van der Waals surface area contributed by atoms with Crippen LogP contribution in [0.1, 0.15) is 6.23 Å². The van der Waals surface area contributed by atoms with Crippen molar-refractivity contribution in [3.63, 3.8) is 0 Å². The number of nitrogens with zero attached hydrogens (tertiary/aromatic N) is 1. The van der Waals surface area contributed by atoms with Crippen LogP contribution in [-0.2, 0) is 14.0 Å². The van der Waals surface area contributed by atoms with Crippen LogP contribution in [0.15, 0.2) is 21.9 Å². The second-order valence-electron chi connectivity index (χ2n) is 7.07. The zero-order valence-corrected chi connectivity index (χ0v) is 18.1. The van der Waals surface area contributed by atoms with Crippen molar-refractivity contribution in [2.24, 2.45) is 5.73 Å². The summed E-state index contributed by atoms with van der Waals surface area (Å²) < 4.78 is 19.7. The van der Waals surface area contributed by atoms with E-state index in [1.807, 2.05) is 4.98 Å². The standard InChI is InChI=1S/C9H12N2O6.C6H13NO5.H3O4P/c12-3-4-6(14)7(15)8(17-4)11-2-1-5(13)10-9(11)16;7-3-5(10)4(9)2(1-8)12-6(3)11;1-5(2,3)4/h1-2,4,6-8,12,14-15H,3H2,(H,10,13,16);2-6,8-11H,1,7H2;(H3,1,2,3,4)/t4-,6-,7-,8-;2-,3-,4+,5-,6?;/m11./s1. The number of aliphatic hydroxyl groups excluding tert-OH is 7. The van der Waals surface area contributed by atoms with Crippen LogP contribution in [0.5, 0.6) is 0 Å². The number of hydrogen-bond acceptors (Lipinski definition) is 13. The second-order valence-corrected chi connectivity index (χ2v) is 8.09. The van der Waals surface area contributed by atoms with Crippen molar-refractivity contribution in [1.82, 2.24) is 9.55 Å². The van der Waals surface area contributed by atoms with Crippen LogP contribution < -0.4 is 17.0 Å². The molecule has 198 valence electrons. The predicted molar refractivity (Wildman–Crippen MR) is 107 cm³/mol. The van der Waals surface area contributed by atoms with Gasteiger partial charge >= 0.3 is 13.5 Å². The van der Waals surface area contributed by atoms with Gasteiger partial charge in [0.25, 0.3) is 5.56 Å². The molecule has 0 bridgehead atoms. The average Bonchev–Trinajstić information content (AvgIpc) is 3.02. The van der Waals surface area contributed by atoms with E-state index in [4.69, 9.17) is 49.8 Å². The van der Waals surface area contributed by atoms with Crippen molar-refractivity contribution in [3.8, 4) is 0 Å². The van der Waals surface area contributed by atoms with Crippen molar-refractivity contribution in [2.45, 2.75) is 55.2 Å². The first kappa shape index (κ1) is 30.4. The maximum Gasteiger partial charge on any atom is 0.466 e. The van der Waals surface area contributed by atoms with E-state index >= 15 is 0 Å². The van der Waals surface area contributed by atoms with Crippen LogP contribution in [0, 0.1) is 0 Å². The maximum atomic E-state index is 11.4. The van der Waals surface area contributed by atoms with E-state index in [0.717, 1.165) is 16.8 Å². The number of phosphoric acid groups is 1. The van der Waals surface area contributed by atoms with Crippen LogP contribution in [-0.4, -0.2) is 122 Å². The third-order valence-electron chi connectivity index (χ3n) is 4.59. The van der Waals surface area contributed by atoms with E-state index in [0.29, 0.717) is 0 Å². The lowest BCUT2D eigenvalue weighted by Gasteiger charge is -2.38. The number of H-pyrrole nitrogens is 1. The van der Waals surface area contributed by atoms with Gasteiger partial charge in [-0.05, 0) is 0 Å². The predicted octanol–water partition coefficient (Wildman–Crippen LogP) is -7.04. The zero-order valence-electron chi connectivity index (χ0n) is 17.3. The topological polar surface area (TPSA) is 319 Å². The highest BCUT2D eigenvalue weighted by atomic mass is 31.2. The van der Waals surface area contributed by atoms with Crippen molar-refractivity contribution in [2.75, 3.05) is 13.2 Å². The third kappa shape index (κ3) is 8.56. The molecule has 18 nitrogen and oxygen atoms in total. The second kappa shape index (κ2) is 12.9. The fourth-order valence-electron chi connectivity index (χ4n) is 2.86. The SMILES string of the molecule is N[C@H]1C(O)O[C@H](CO)[C@H](O)[C@@H]1O.O=P(O)(O)O.O=c1ccn([C@@H]2O[C@H](CO)[C@@H](O)[C@H]2O)c(=O)[nH]1. The number of nitrogens with one attached hydrogen (secondary N) is 1. The lowest BCUT2D eigenvalue weighted by Crippen LogP contribution is -2.61. The van der Waals surface area contributed by atoms with Crippen molar-refractivity contribution in [3.05, 3.63) is 33.1 Å². The lowest BCUT2D eigenvalue weighted by molar-refractivity contribution is -0.248. The van der Waals surface area contributed by atoms with Gasteiger partial charge in [-0.25, -0.2) is 9.36 Å². The molecular weight excluding hydrogens is 493 g/mol. The highest BCUT2D eigenvalue weighted by molar-refractivity contribution is 7.45. The molecular formula is C15H28N3O15P. The summed E-state index contributed by atoms with van der Waals surface area (Å²) in [7, 11) is -4.64. The molecule has 0 aliphatic carbocycles. The molecule has 2 aliphatic heterocycles. The number of aromatic amines is 1. The highest BCUT2D eigenvalue weighted by Crippen LogP contribution is 2.27. The lowest BCUT2D eigenvalue weighted by atomic mass is 9.98. The normalized spacial score (nSPS) is 35.6. The van der Waals surface area contributed by atoms with Gasteiger partial charge < -0.3 is 65.6 Å². The molecule has 0 saturated carbocycles. The summed E-state index contributed by atoms with van der Waals surface area (Å²) in [5, 5.41) is 64.1. The summed E-state index contributed by atoms with van der Waals surface area (Å²) in [6.45, 7) is -0.950. The highest BCUT2D eigenvalue weighted by Gasteiger charge is 2.44. The van der Waals surface area contributed by atoms with E-state index in [2.05, 4.69) is 0 Å². The first-order chi connectivity index (χ1) is 15.6. The molecule has 0 amide bonds. The van der Waals surface area contributed by atoms with Crippen LogP contribution in [0.3, 0.4) is 0 Å². The molecule has 19 heteroatoms. The zero-order chi connectivity index (χ0) is 26.4. The number of aromatic nitrogens is 2. The van der Waals surface area contributed by atoms with Crippen molar-refractivity contribution >= 4 is 7.82 Å². The van der Waals surface area contributed by atoms with E-state index in [1.165, 1.54) is 0 Å². The van der Waals surface area contributed by atoms with Crippen LogP contribution in [0.25, 0.3) is 0 Å². The summed E-state index contributed by atoms with van der Waals surface area (Å²) in [5.74, 6) is 0. The monoisotopic (exact) mass is 521 g/mol. The molecule has 0 spiro atoms. The molecule has 1 unspecified atom stereocenters. The van der Waals surface area contributed by atoms with E-state index < -0.39 is 87.5 Å². The Hall–Kier alpha value is -1.61. The van der Waals surface area contributed by atoms with Crippen molar-refractivity contribution < 1.29 is 64.5 Å². The van der Waals surface area contributed by atoms with Gasteiger partial charge in [0.05, 0.1) is 19.3 Å². The molecule has 34 heavy (non-hydrogen) atoms. The number of aliphatic hydroxyl groups is 7. The quantitative estimate of drug-likeness (QED) is 0.164. The van der Waals surface area contributed by atoms with Crippen LogP contribution in [0.4, 0.5) is 0 Å². The minimum atomic E-state index is -4.64. The van der Waals surface area contributed by atoms with Gasteiger partial charge in [-0.15, -0.1) is 0 Å². The maximum absolute atomic E-state index is 11.4. The smallest absolute Gasteiger partial charge is 0.394 e. The summed E-state index contributed by atoms with van der Waals surface area (Å²) in [6.07, 6.45) is -8.43. The molecule has 1 aromatic rings. The van der Waals surface area contributed by atoms with Crippen LogP contribution in [0.2, 0.25) is 0 Å². The van der Waals surface area contributed by atoms with Crippen LogP contribution >= 0.6 is 7.82 Å². The Morgan fingerprint density at radius 1 is 0.912 bits per heavy atom. The fourth-order valence-corrected chi connectivity index (χ4v) is 2.86. The van der Waals surface area contributed by atoms with Gasteiger partial charge in [0.2, 0.25) is 0 Å². The number of rotatable bonds is 3. The first-order valence-corrected chi connectivity index (χ1v) is 11.0. The Morgan fingerprint density at radius 2 is 1.38 bits per heavy atom. The molecule has 1 aromatic heterocycles. The van der Waals surface area contributed by atoms with E-state index in [9.17, 15) is 30.0 Å². The number of nitrogens with two attached hydrogens (primary N) is 1. The van der Waals surface area contributed by atoms with Gasteiger partial charge in [0.15, 0.2) is 12.5 Å². The van der Waals surface area contributed by atoms with Gasteiger partial charge in [0, 0.05) is 12.3 Å². The molecule has 2 fully saturated rings. The third-order valence-corrected chi connectivity index (χ3v) is 4.59. The first-order valence-electron chi connectivity index (χ1n) is 9.40.